The van der Waals surface area contributed by atoms with E-state index in [1.165, 1.54) is 5.57 Å². The van der Waals surface area contributed by atoms with E-state index in [0.29, 0.717) is 29.6 Å². The predicted molar refractivity (Wildman–Crippen MR) is 159 cm³/mol. The second-order valence-corrected chi connectivity index (χ2v) is 16.7. The van der Waals surface area contributed by atoms with Crippen molar-refractivity contribution in [3.05, 3.63) is 11.6 Å². The SMILES string of the molecule is C[C@H]1[C@H](C)CC[C@]2(C(=O)O)CC[C@@H]3C(=CC[C@H]4[C@@]3(C)CC[C@H]3C(C)(C)[C@@H](O[C@@H]5O[C@@H](C)[C@H](O)[C@@H](O)[C@H]5O)CC[C@]43C)[C@H]12. The van der Waals surface area contributed by atoms with Crippen molar-refractivity contribution in [2.75, 3.05) is 0 Å². The summed E-state index contributed by atoms with van der Waals surface area (Å²) < 4.78 is 12.3. The number of fused-ring (bicyclic) bond motifs is 7. The standard InChI is InChI=1S/C35H56O7/c1-18-10-16-35(31(39)40)17-11-22-21(26(35)19(18)2)8-9-24-33(22,6)14-12-23-32(4,5)25(13-15-34(23,24)7)42-30-29(38)28(37)27(36)20(3)41-30/h8,18-20,22-30,36-38H,9-17H2,1-7H3,(H,39,40)/t18-,19+,20+,22-,23+,24+,25+,26+,27+,28-,29-,30+,33+,34+,35+/m1/s1. The predicted octanol–water partition coefficient (Wildman–Crippen LogP) is 5.55. The normalized spacial score (nSPS) is 55.3. The highest BCUT2D eigenvalue weighted by molar-refractivity contribution is 5.76. The summed E-state index contributed by atoms with van der Waals surface area (Å²) in [5.74, 6) is 1.94. The molecule has 1 heterocycles. The number of hydrogen-bond donors (Lipinski definition) is 4. The molecule has 0 aromatic carbocycles. The Labute approximate surface area is 252 Å². The molecule has 0 amide bonds. The van der Waals surface area contributed by atoms with Crippen molar-refractivity contribution < 1.29 is 34.7 Å². The fourth-order valence-electron chi connectivity index (χ4n) is 12.1. The first-order valence-corrected chi connectivity index (χ1v) is 16.9. The Bertz CT molecular complexity index is 1100. The molecule has 4 saturated carbocycles. The zero-order valence-electron chi connectivity index (χ0n) is 26.9. The van der Waals surface area contributed by atoms with Crippen LogP contribution in [0.25, 0.3) is 0 Å². The maximum Gasteiger partial charge on any atom is 0.310 e. The number of carbonyl (C=O) groups is 1. The first-order chi connectivity index (χ1) is 19.6. The third-order valence-electron chi connectivity index (χ3n) is 14.7. The molecule has 0 aromatic heterocycles. The minimum absolute atomic E-state index is 0.125. The van der Waals surface area contributed by atoms with Crippen LogP contribution in [-0.4, -0.2) is 63.2 Å². The average Bonchev–Trinajstić information content (AvgIpc) is 2.93. The van der Waals surface area contributed by atoms with Crippen molar-refractivity contribution in [1.29, 1.82) is 0 Å². The Morgan fingerprint density at radius 1 is 0.857 bits per heavy atom. The average molecular weight is 589 g/mol. The number of carboxylic acids is 1. The van der Waals surface area contributed by atoms with Gasteiger partial charge in [-0.2, -0.15) is 0 Å². The Balaban J connectivity index is 1.27. The third-order valence-corrected chi connectivity index (χ3v) is 14.7. The lowest BCUT2D eigenvalue weighted by atomic mass is 9.37. The first kappa shape index (κ1) is 31.0. The van der Waals surface area contributed by atoms with E-state index in [-0.39, 0.29) is 28.3 Å². The lowest BCUT2D eigenvalue weighted by Crippen LogP contribution is -2.64. The molecule has 238 valence electrons. The molecule has 4 N–H and O–H groups in total. The van der Waals surface area contributed by atoms with Gasteiger partial charge in [0.25, 0.3) is 0 Å². The molecule has 5 aliphatic carbocycles. The number of aliphatic carboxylic acids is 1. The number of carboxylic acid groups (broad SMARTS) is 1. The summed E-state index contributed by atoms with van der Waals surface area (Å²) in [5, 5.41) is 41.8. The molecule has 0 aromatic rings. The van der Waals surface area contributed by atoms with E-state index < -0.39 is 42.1 Å². The van der Waals surface area contributed by atoms with Crippen LogP contribution in [0.15, 0.2) is 11.6 Å². The molecule has 5 fully saturated rings. The zero-order chi connectivity index (χ0) is 30.6. The number of aliphatic hydroxyl groups is 3. The quantitative estimate of drug-likeness (QED) is 0.252. The van der Waals surface area contributed by atoms with E-state index in [1.54, 1.807) is 6.92 Å². The van der Waals surface area contributed by atoms with E-state index in [0.717, 1.165) is 57.8 Å². The second-order valence-electron chi connectivity index (χ2n) is 16.7. The van der Waals surface area contributed by atoms with Gasteiger partial charge in [0, 0.05) is 0 Å². The van der Waals surface area contributed by atoms with Crippen LogP contribution < -0.4 is 0 Å². The second kappa shape index (κ2) is 10.3. The van der Waals surface area contributed by atoms with Crippen LogP contribution in [0.3, 0.4) is 0 Å². The van der Waals surface area contributed by atoms with Gasteiger partial charge >= 0.3 is 5.97 Å². The minimum Gasteiger partial charge on any atom is -0.481 e. The highest BCUT2D eigenvalue weighted by atomic mass is 16.7. The molecule has 0 unspecified atom stereocenters. The van der Waals surface area contributed by atoms with Crippen molar-refractivity contribution in [1.82, 2.24) is 0 Å². The molecular weight excluding hydrogens is 532 g/mol. The fourth-order valence-corrected chi connectivity index (χ4v) is 12.1. The van der Waals surface area contributed by atoms with Crippen LogP contribution in [-0.2, 0) is 14.3 Å². The highest BCUT2D eigenvalue weighted by Crippen LogP contribution is 2.72. The molecule has 1 aliphatic heterocycles. The number of hydrogen-bond acceptors (Lipinski definition) is 6. The molecule has 7 nitrogen and oxygen atoms in total. The van der Waals surface area contributed by atoms with Crippen LogP contribution in [0.4, 0.5) is 0 Å². The topological polar surface area (TPSA) is 116 Å². The summed E-state index contributed by atoms with van der Waals surface area (Å²) in [6.45, 7) is 16.0. The Hall–Kier alpha value is -0.990. The van der Waals surface area contributed by atoms with E-state index in [2.05, 4.69) is 47.6 Å². The molecule has 42 heavy (non-hydrogen) atoms. The van der Waals surface area contributed by atoms with E-state index in [1.807, 2.05) is 0 Å². The van der Waals surface area contributed by atoms with Gasteiger partial charge < -0.3 is 29.9 Å². The van der Waals surface area contributed by atoms with Crippen LogP contribution >= 0.6 is 0 Å². The van der Waals surface area contributed by atoms with Gasteiger partial charge in [-0.05, 0) is 116 Å². The van der Waals surface area contributed by atoms with Gasteiger partial charge in [0.1, 0.15) is 18.3 Å². The van der Waals surface area contributed by atoms with E-state index in [9.17, 15) is 25.2 Å². The Kier molecular flexibility index (Phi) is 7.58. The van der Waals surface area contributed by atoms with Crippen LogP contribution in [0, 0.1) is 57.2 Å². The van der Waals surface area contributed by atoms with Gasteiger partial charge in [0.15, 0.2) is 6.29 Å². The summed E-state index contributed by atoms with van der Waals surface area (Å²) in [5.41, 5.74) is 1.01. The molecular formula is C35H56O7. The zero-order valence-corrected chi connectivity index (χ0v) is 26.9. The van der Waals surface area contributed by atoms with Crippen LogP contribution in [0.1, 0.15) is 106 Å². The molecule has 6 rings (SSSR count). The number of allylic oxidation sites excluding steroid dienone is 2. The van der Waals surface area contributed by atoms with Gasteiger partial charge in [0.05, 0.1) is 17.6 Å². The Morgan fingerprint density at radius 2 is 1.52 bits per heavy atom. The van der Waals surface area contributed by atoms with Gasteiger partial charge in [-0.1, -0.05) is 53.2 Å². The highest BCUT2D eigenvalue weighted by Gasteiger charge is 2.66. The molecule has 0 spiro atoms. The van der Waals surface area contributed by atoms with Crippen LogP contribution in [0.2, 0.25) is 0 Å². The van der Waals surface area contributed by atoms with E-state index >= 15 is 0 Å². The van der Waals surface area contributed by atoms with Gasteiger partial charge in [-0.3, -0.25) is 4.79 Å². The maximum atomic E-state index is 12.9. The number of rotatable bonds is 3. The van der Waals surface area contributed by atoms with Crippen molar-refractivity contribution in [3.63, 3.8) is 0 Å². The Morgan fingerprint density at radius 3 is 2.21 bits per heavy atom. The molecule has 0 bridgehead atoms. The summed E-state index contributed by atoms with van der Waals surface area (Å²) >= 11 is 0. The van der Waals surface area contributed by atoms with E-state index in [4.69, 9.17) is 9.47 Å². The summed E-state index contributed by atoms with van der Waals surface area (Å²) in [7, 11) is 0. The molecule has 1 saturated heterocycles. The number of aliphatic hydroxyl groups excluding tert-OH is 3. The lowest BCUT2D eigenvalue weighted by Gasteiger charge is -2.68. The van der Waals surface area contributed by atoms with Crippen molar-refractivity contribution in [2.45, 2.75) is 143 Å². The fraction of sp³-hybridized carbons (Fsp3) is 0.914. The van der Waals surface area contributed by atoms with Crippen molar-refractivity contribution >= 4 is 5.97 Å². The molecule has 7 heteroatoms. The largest absolute Gasteiger partial charge is 0.481 e. The molecule has 0 radical (unpaired) electrons. The number of ether oxygens (including phenoxy) is 2. The van der Waals surface area contributed by atoms with Gasteiger partial charge in [0.2, 0.25) is 0 Å². The third kappa shape index (κ3) is 4.19. The van der Waals surface area contributed by atoms with Crippen molar-refractivity contribution in [2.24, 2.45) is 57.2 Å². The van der Waals surface area contributed by atoms with Gasteiger partial charge in [-0.25, -0.2) is 0 Å². The molecule has 15 atom stereocenters. The van der Waals surface area contributed by atoms with Crippen molar-refractivity contribution in [3.8, 4) is 0 Å². The summed E-state index contributed by atoms with van der Waals surface area (Å²) in [4.78, 5) is 12.9. The summed E-state index contributed by atoms with van der Waals surface area (Å²) in [6.07, 6.45) is 5.87. The van der Waals surface area contributed by atoms with Gasteiger partial charge in [-0.15, -0.1) is 0 Å². The lowest BCUT2D eigenvalue weighted by molar-refractivity contribution is -0.324. The first-order valence-electron chi connectivity index (χ1n) is 16.9. The monoisotopic (exact) mass is 588 g/mol. The summed E-state index contributed by atoms with van der Waals surface area (Å²) in [6, 6.07) is 0. The molecule has 6 aliphatic rings. The van der Waals surface area contributed by atoms with Crippen LogP contribution in [0.5, 0.6) is 0 Å². The maximum absolute atomic E-state index is 12.9. The smallest absolute Gasteiger partial charge is 0.310 e. The minimum atomic E-state index is -1.29.